The first kappa shape index (κ1) is 21.1. The van der Waals surface area contributed by atoms with Crippen LogP contribution in [0, 0.1) is 0 Å². The van der Waals surface area contributed by atoms with Gasteiger partial charge in [0.2, 0.25) is 5.91 Å². The number of esters is 1. The summed E-state index contributed by atoms with van der Waals surface area (Å²) in [6.45, 7) is 0.327. The number of benzene rings is 2. The third kappa shape index (κ3) is 5.05. The Kier molecular flexibility index (Phi) is 6.85. The molecule has 0 unspecified atom stereocenters. The van der Waals surface area contributed by atoms with Crippen molar-refractivity contribution in [3.63, 3.8) is 0 Å². The first-order chi connectivity index (χ1) is 14.5. The van der Waals surface area contributed by atoms with Crippen LogP contribution in [0.2, 0.25) is 0 Å². The van der Waals surface area contributed by atoms with Crippen LogP contribution in [-0.2, 0) is 14.3 Å². The lowest BCUT2D eigenvalue weighted by molar-refractivity contribution is -0.136. The van der Waals surface area contributed by atoms with Crippen LogP contribution in [0.3, 0.4) is 0 Å². The molecule has 2 aromatic rings. The van der Waals surface area contributed by atoms with Gasteiger partial charge in [0.05, 0.1) is 14.2 Å². The zero-order valence-corrected chi connectivity index (χ0v) is 16.9. The van der Waals surface area contributed by atoms with Crippen molar-refractivity contribution in [3.05, 3.63) is 59.7 Å². The van der Waals surface area contributed by atoms with E-state index in [4.69, 9.17) is 14.2 Å². The summed E-state index contributed by atoms with van der Waals surface area (Å²) in [6, 6.07) is 12.0. The molecule has 0 spiro atoms. The van der Waals surface area contributed by atoms with Crippen LogP contribution < -0.4 is 14.4 Å². The molecule has 1 heterocycles. The molecule has 0 saturated carbocycles. The molecule has 0 N–H and O–H groups in total. The molecule has 3 rings (SSSR count). The highest BCUT2D eigenvalue weighted by Crippen LogP contribution is 2.28. The molecule has 0 radical (unpaired) electrons. The minimum absolute atomic E-state index is 0.0873. The summed E-state index contributed by atoms with van der Waals surface area (Å²) in [4.78, 5) is 37.7. The first-order valence-corrected chi connectivity index (χ1v) is 9.52. The number of nitrogens with zero attached hydrogens (tertiary/aromatic N) is 1. The van der Waals surface area contributed by atoms with Crippen molar-refractivity contribution in [1.29, 1.82) is 0 Å². The predicted molar refractivity (Wildman–Crippen MR) is 112 cm³/mol. The minimum atomic E-state index is -0.627. The summed E-state index contributed by atoms with van der Waals surface area (Å²) >= 11 is 0. The molecule has 0 aromatic heterocycles. The number of carbonyl (C=O) groups is 3. The largest absolute Gasteiger partial charge is 0.493 e. The monoisotopic (exact) mass is 409 g/mol. The third-order valence-electron chi connectivity index (χ3n) is 4.74. The number of methoxy groups -OCH3 is 2. The van der Waals surface area contributed by atoms with Crippen LogP contribution in [0.5, 0.6) is 11.5 Å². The van der Waals surface area contributed by atoms with E-state index >= 15 is 0 Å². The highest BCUT2D eigenvalue weighted by Gasteiger charge is 2.21. The Morgan fingerprint density at radius 3 is 2.40 bits per heavy atom. The Bertz CT molecular complexity index is 964. The lowest BCUT2D eigenvalue weighted by Crippen LogP contribution is -2.23. The number of amides is 1. The number of anilines is 1. The molecule has 7 heteroatoms. The van der Waals surface area contributed by atoms with Gasteiger partial charge in [0.1, 0.15) is 0 Å². The van der Waals surface area contributed by atoms with Crippen LogP contribution in [0.1, 0.15) is 28.8 Å². The number of hydrogen-bond acceptors (Lipinski definition) is 6. The summed E-state index contributed by atoms with van der Waals surface area (Å²) in [6.07, 6.45) is 4.20. The third-order valence-corrected chi connectivity index (χ3v) is 4.74. The van der Waals surface area contributed by atoms with Crippen molar-refractivity contribution in [2.24, 2.45) is 0 Å². The van der Waals surface area contributed by atoms with E-state index in [0.29, 0.717) is 30.0 Å². The van der Waals surface area contributed by atoms with Gasteiger partial charge in [-0.05, 0) is 54.5 Å². The summed E-state index contributed by atoms with van der Waals surface area (Å²) in [5.74, 6) is 0.272. The van der Waals surface area contributed by atoms with Crippen molar-refractivity contribution >= 4 is 29.4 Å². The lowest BCUT2D eigenvalue weighted by Gasteiger charge is -2.15. The van der Waals surface area contributed by atoms with Crippen LogP contribution in [0.4, 0.5) is 5.69 Å². The molecule has 0 bridgehead atoms. The van der Waals surface area contributed by atoms with Crippen molar-refractivity contribution in [2.75, 3.05) is 32.3 Å². The Hall–Kier alpha value is -3.61. The van der Waals surface area contributed by atoms with Crippen LogP contribution >= 0.6 is 0 Å². The Labute approximate surface area is 174 Å². The van der Waals surface area contributed by atoms with Crippen molar-refractivity contribution < 1.29 is 28.6 Å². The van der Waals surface area contributed by atoms with E-state index in [-0.39, 0.29) is 18.3 Å². The highest BCUT2D eigenvalue weighted by molar-refractivity contribution is 6.00. The second kappa shape index (κ2) is 9.73. The molecule has 7 nitrogen and oxygen atoms in total. The number of hydrogen-bond donors (Lipinski definition) is 0. The van der Waals surface area contributed by atoms with E-state index in [0.717, 1.165) is 17.7 Å². The van der Waals surface area contributed by atoms with Gasteiger partial charge in [0, 0.05) is 30.3 Å². The second-order valence-electron chi connectivity index (χ2n) is 6.67. The summed E-state index contributed by atoms with van der Waals surface area (Å²) in [7, 11) is 3.07. The molecule has 1 amide bonds. The average Bonchev–Trinajstić information content (AvgIpc) is 3.21. The molecule has 1 fully saturated rings. The maximum absolute atomic E-state index is 12.3. The smallest absolute Gasteiger partial charge is 0.331 e. The Balaban J connectivity index is 1.53. The standard InChI is InChI=1S/C23H23NO6/c1-28-20-11-5-16(14-21(20)29-2)6-12-23(27)30-15-19(25)17-7-9-18(10-8-17)24-13-3-4-22(24)26/h5-12,14H,3-4,13,15H2,1-2H3/b12-6+. The maximum atomic E-state index is 12.3. The fraction of sp³-hybridized carbons (Fsp3) is 0.261. The SMILES string of the molecule is COc1ccc(/C=C/C(=O)OCC(=O)c2ccc(N3CCCC3=O)cc2)cc1OC. The summed E-state index contributed by atoms with van der Waals surface area (Å²) in [5, 5.41) is 0. The minimum Gasteiger partial charge on any atom is -0.493 e. The first-order valence-electron chi connectivity index (χ1n) is 9.52. The van der Waals surface area contributed by atoms with Crippen LogP contribution in [-0.4, -0.2) is 45.0 Å². The van der Waals surface area contributed by atoms with Gasteiger partial charge in [-0.2, -0.15) is 0 Å². The van der Waals surface area contributed by atoms with Gasteiger partial charge in [0.25, 0.3) is 0 Å². The number of Topliss-reactive ketones (excluding diaryl/α,β-unsaturated/α-hetero) is 1. The van der Waals surface area contributed by atoms with E-state index in [1.807, 2.05) is 0 Å². The number of carbonyl (C=O) groups excluding carboxylic acids is 3. The van der Waals surface area contributed by atoms with E-state index in [1.165, 1.54) is 13.2 Å². The Morgan fingerprint density at radius 1 is 1.03 bits per heavy atom. The van der Waals surface area contributed by atoms with Crippen molar-refractivity contribution in [3.8, 4) is 11.5 Å². The second-order valence-corrected chi connectivity index (χ2v) is 6.67. The van der Waals surface area contributed by atoms with Crippen molar-refractivity contribution in [2.45, 2.75) is 12.8 Å². The van der Waals surface area contributed by atoms with E-state index < -0.39 is 5.97 Å². The van der Waals surface area contributed by atoms with Crippen LogP contribution in [0.25, 0.3) is 6.08 Å². The van der Waals surface area contributed by atoms with Gasteiger partial charge >= 0.3 is 5.97 Å². The fourth-order valence-corrected chi connectivity index (χ4v) is 3.14. The van der Waals surface area contributed by atoms with Gasteiger partial charge < -0.3 is 19.1 Å². The summed E-state index contributed by atoms with van der Waals surface area (Å²) in [5.41, 5.74) is 1.91. The van der Waals surface area contributed by atoms with E-state index in [2.05, 4.69) is 0 Å². The Morgan fingerprint density at radius 2 is 1.77 bits per heavy atom. The molecule has 0 atom stereocenters. The van der Waals surface area contributed by atoms with Gasteiger partial charge in [0.15, 0.2) is 23.9 Å². The van der Waals surface area contributed by atoms with Crippen LogP contribution in [0.15, 0.2) is 48.5 Å². The van der Waals surface area contributed by atoms with E-state index in [1.54, 1.807) is 60.6 Å². The average molecular weight is 409 g/mol. The number of ketones is 1. The highest BCUT2D eigenvalue weighted by atomic mass is 16.5. The zero-order valence-electron chi connectivity index (χ0n) is 16.9. The molecule has 2 aromatic carbocycles. The van der Waals surface area contributed by atoms with Crippen molar-refractivity contribution in [1.82, 2.24) is 0 Å². The summed E-state index contributed by atoms with van der Waals surface area (Å²) < 4.78 is 15.4. The number of ether oxygens (including phenoxy) is 3. The fourth-order valence-electron chi connectivity index (χ4n) is 3.14. The molecule has 156 valence electrons. The maximum Gasteiger partial charge on any atom is 0.331 e. The molecule has 1 saturated heterocycles. The van der Waals surface area contributed by atoms with E-state index in [9.17, 15) is 14.4 Å². The molecule has 0 aliphatic carbocycles. The molecular weight excluding hydrogens is 386 g/mol. The molecule has 1 aliphatic rings. The normalized spacial score (nSPS) is 13.5. The van der Waals surface area contributed by atoms with Gasteiger partial charge in [-0.3, -0.25) is 9.59 Å². The molecule has 1 aliphatic heterocycles. The topological polar surface area (TPSA) is 82.1 Å². The predicted octanol–water partition coefficient (Wildman–Crippen LogP) is 3.27. The zero-order chi connectivity index (χ0) is 21.5. The number of rotatable bonds is 8. The lowest BCUT2D eigenvalue weighted by atomic mass is 10.1. The molecular formula is C23H23NO6. The van der Waals surface area contributed by atoms with Gasteiger partial charge in [-0.25, -0.2) is 4.79 Å². The van der Waals surface area contributed by atoms with Gasteiger partial charge in [-0.15, -0.1) is 0 Å². The van der Waals surface area contributed by atoms with Gasteiger partial charge in [-0.1, -0.05) is 6.07 Å². The molecule has 30 heavy (non-hydrogen) atoms. The quantitative estimate of drug-likeness (QED) is 0.378.